The second kappa shape index (κ2) is 9.59. The second-order valence-corrected chi connectivity index (χ2v) is 6.15. The van der Waals surface area contributed by atoms with E-state index in [4.69, 9.17) is 14.2 Å². The van der Waals surface area contributed by atoms with Crippen molar-refractivity contribution in [3.63, 3.8) is 0 Å². The number of imidazole rings is 1. The van der Waals surface area contributed by atoms with E-state index in [1.807, 2.05) is 65.6 Å². The van der Waals surface area contributed by atoms with E-state index in [0.29, 0.717) is 13.2 Å². The van der Waals surface area contributed by atoms with Crippen LogP contribution in [0, 0.1) is 0 Å². The van der Waals surface area contributed by atoms with Crippen LogP contribution in [-0.2, 0) is 17.9 Å². The molecule has 0 radical (unpaired) electrons. The molecule has 0 unspecified atom stereocenters. The van der Waals surface area contributed by atoms with E-state index < -0.39 is 0 Å². The third-order valence-electron chi connectivity index (χ3n) is 4.15. The lowest BCUT2D eigenvalue weighted by Crippen LogP contribution is -2.06. The SMILES string of the molecule is COc1ccc(/C=C(/COCc2ccc(OC)cc2)Cn2ccnc2)cc1. The van der Waals surface area contributed by atoms with Gasteiger partial charge in [0.05, 0.1) is 33.8 Å². The van der Waals surface area contributed by atoms with Crippen LogP contribution in [-0.4, -0.2) is 30.4 Å². The van der Waals surface area contributed by atoms with Crippen LogP contribution in [0.4, 0.5) is 0 Å². The Labute approximate surface area is 159 Å². The summed E-state index contributed by atoms with van der Waals surface area (Å²) in [6.45, 7) is 1.82. The summed E-state index contributed by atoms with van der Waals surface area (Å²) in [5, 5.41) is 0. The molecule has 5 nitrogen and oxygen atoms in total. The van der Waals surface area contributed by atoms with Crippen LogP contribution in [0.15, 0.2) is 72.8 Å². The van der Waals surface area contributed by atoms with Crippen LogP contribution in [0.5, 0.6) is 11.5 Å². The molecule has 0 amide bonds. The minimum Gasteiger partial charge on any atom is -0.497 e. The van der Waals surface area contributed by atoms with Gasteiger partial charge in [-0.2, -0.15) is 0 Å². The Balaban J connectivity index is 1.66. The zero-order chi connectivity index (χ0) is 18.9. The Morgan fingerprint density at radius 1 is 0.963 bits per heavy atom. The molecule has 2 aromatic carbocycles. The van der Waals surface area contributed by atoms with Crippen molar-refractivity contribution in [2.75, 3.05) is 20.8 Å². The average molecular weight is 364 g/mol. The highest BCUT2D eigenvalue weighted by molar-refractivity contribution is 5.54. The first-order valence-electron chi connectivity index (χ1n) is 8.77. The van der Waals surface area contributed by atoms with Gasteiger partial charge in [0.2, 0.25) is 0 Å². The molecule has 5 heteroatoms. The lowest BCUT2D eigenvalue weighted by molar-refractivity contribution is 0.140. The number of nitrogens with zero attached hydrogens (tertiary/aromatic N) is 2. The quantitative estimate of drug-likeness (QED) is 0.571. The van der Waals surface area contributed by atoms with Crippen molar-refractivity contribution in [3.8, 4) is 11.5 Å². The molecule has 1 aromatic heterocycles. The van der Waals surface area contributed by atoms with Crippen LogP contribution >= 0.6 is 0 Å². The number of hydrogen-bond acceptors (Lipinski definition) is 4. The number of benzene rings is 2. The molecule has 0 bridgehead atoms. The Morgan fingerprint density at radius 3 is 2.22 bits per heavy atom. The minimum atomic E-state index is 0.538. The van der Waals surface area contributed by atoms with Gasteiger partial charge in [0.25, 0.3) is 0 Å². The topological polar surface area (TPSA) is 45.5 Å². The summed E-state index contributed by atoms with van der Waals surface area (Å²) in [4.78, 5) is 4.12. The highest BCUT2D eigenvalue weighted by atomic mass is 16.5. The summed E-state index contributed by atoms with van der Waals surface area (Å²) in [7, 11) is 3.33. The standard InChI is InChI=1S/C22H24N2O3/c1-25-21-7-3-18(4-8-21)13-20(14-24-12-11-23-17-24)16-27-15-19-5-9-22(26-2)10-6-19/h3-13,17H,14-16H2,1-2H3/b20-13+. The largest absolute Gasteiger partial charge is 0.497 e. The van der Waals surface area contributed by atoms with Crippen molar-refractivity contribution in [2.45, 2.75) is 13.2 Å². The van der Waals surface area contributed by atoms with E-state index in [9.17, 15) is 0 Å². The van der Waals surface area contributed by atoms with Crippen molar-refractivity contribution in [1.29, 1.82) is 0 Å². The number of hydrogen-bond donors (Lipinski definition) is 0. The minimum absolute atomic E-state index is 0.538. The maximum Gasteiger partial charge on any atom is 0.118 e. The predicted molar refractivity (Wildman–Crippen MR) is 106 cm³/mol. The lowest BCUT2D eigenvalue weighted by Gasteiger charge is -2.11. The van der Waals surface area contributed by atoms with E-state index >= 15 is 0 Å². The van der Waals surface area contributed by atoms with Crippen molar-refractivity contribution < 1.29 is 14.2 Å². The predicted octanol–water partition coefficient (Wildman–Crippen LogP) is 4.20. The van der Waals surface area contributed by atoms with E-state index in [2.05, 4.69) is 11.1 Å². The molecular formula is C22H24N2O3. The molecule has 3 rings (SSSR count). The Hall–Kier alpha value is -3.05. The van der Waals surface area contributed by atoms with Crippen LogP contribution in [0.3, 0.4) is 0 Å². The molecule has 0 atom stereocenters. The zero-order valence-corrected chi connectivity index (χ0v) is 15.7. The number of ether oxygens (including phenoxy) is 3. The fourth-order valence-corrected chi connectivity index (χ4v) is 2.71. The van der Waals surface area contributed by atoms with Gasteiger partial charge in [0.15, 0.2) is 0 Å². The number of aromatic nitrogens is 2. The molecule has 0 aliphatic carbocycles. The third-order valence-corrected chi connectivity index (χ3v) is 4.15. The van der Waals surface area contributed by atoms with Gasteiger partial charge in [0, 0.05) is 18.9 Å². The highest BCUT2D eigenvalue weighted by Crippen LogP contribution is 2.16. The first-order chi connectivity index (χ1) is 13.3. The van der Waals surface area contributed by atoms with Crippen molar-refractivity contribution in [3.05, 3.63) is 84.0 Å². The second-order valence-electron chi connectivity index (χ2n) is 6.15. The van der Waals surface area contributed by atoms with Gasteiger partial charge >= 0.3 is 0 Å². The van der Waals surface area contributed by atoms with Crippen molar-refractivity contribution in [2.24, 2.45) is 0 Å². The molecule has 0 saturated heterocycles. The van der Waals surface area contributed by atoms with Crippen LogP contribution < -0.4 is 9.47 Å². The molecule has 0 N–H and O–H groups in total. The Kier molecular flexibility index (Phi) is 6.66. The van der Waals surface area contributed by atoms with Gasteiger partial charge in [-0.3, -0.25) is 0 Å². The number of methoxy groups -OCH3 is 2. The first-order valence-corrected chi connectivity index (χ1v) is 8.77. The molecule has 0 spiro atoms. The van der Waals surface area contributed by atoms with Crippen molar-refractivity contribution >= 4 is 6.08 Å². The monoisotopic (exact) mass is 364 g/mol. The molecule has 0 fully saturated rings. The lowest BCUT2D eigenvalue weighted by atomic mass is 10.1. The van der Waals surface area contributed by atoms with Gasteiger partial charge in [-0.15, -0.1) is 0 Å². The fraction of sp³-hybridized carbons (Fsp3) is 0.227. The van der Waals surface area contributed by atoms with Gasteiger partial charge in [-0.05, 0) is 41.0 Å². The van der Waals surface area contributed by atoms with E-state index in [-0.39, 0.29) is 0 Å². The molecule has 3 aromatic rings. The van der Waals surface area contributed by atoms with Crippen LogP contribution in [0.2, 0.25) is 0 Å². The van der Waals surface area contributed by atoms with Crippen LogP contribution in [0.25, 0.3) is 6.08 Å². The summed E-state index contributed by atoms with van der Waals surface area (Å²) in [6, 6.07) is 15.9. The summed E-state index contributed by atoms with van der Waals surface area (Å²) in [5.41, 5.74) is 3.38. The van der Waals surface area contributed by atoms with E-state index in [0.717, 1.165) is 34.7 Å². The normalized spacial score (nSPS) is 11.4. The Morgan fingerprint density at radius 2 is 1.63 bits per heavy atom. The van der Waals surface area contributed by atoms with Gasteiger partial charge in [-0.25, -0.2) is 4.98 Å². The molecule has 0 aliphatic rings. The molecular weight excluding hydrogens is 340 g/mol. The molecule has 0 saturated carbocycles. The average Bonchev–Trinajstić information content (AvgIpc) is 3.22. The fourth-order valence-electron chi connectivity index (χ4n) is 2.71. The highest BCUT2D eigenvalue weighted by Gasteiger charge is 2.03. The van der Waals surface area contributed by atoms with Crippen molar-refractivity contribution in [1.82, 2.24) is 9.55 Å². The molecule has 27 heavy (non-hydrogen) atoms. The molecule has 1 heterocycles. The maximum absolute atomic E-state index is 5.95. The van der Waals surface area contributed by atoms with Crippen LogP contribution in [0.1, 0.15) is 11.1 Å². The van der Waals surface area contributed by atoms with E-state index in [1.54, 1.807) is 20.4 Å². The maximum atomic E-state index is 5.95. The summed E-state index contributed by atoms with van der Waals surface area (Å²) < 4.78 is 18.4. The van der Waals surface area contributed by atoms with Gasteiger partial charge < -0.3 is 18.8 Å². The Bertz CT molecular complexity index is 838. The first kappa shape index (κ1) is 18.7. The smallest absolute Gasteiger partial charge is 0.118 e. The number of rotatable bonds is 9. The summed E-state index contributed by atoms with van der Waals surface area (Å²) >= 11 is 0. The third kappa shape index (κ3) is 5.72. The molecule has 0 aliphatic heterocycles. The van der Waals surface area contributed by atoms with Gasteiger partial charge in [0.1, 0.15) is 11.5 Å². The zero-order valence-electron chi connectivity index (χ0n) is 15.7. The molecule has 140 valence electrons. The summed E-state index contributed by atoms with van der Waals surface area (Å²) in [5.74, 6) is 1.69. The van der Waals surface area contributed by atoms with Gasteiger partial charge in [-0.1, -0.05) is 30.3 Å². The summed E-state index contributed by atoms with van der Waals surface area (Å²) in [6.07, 6.45) is 7.69. The van der Waals surface area contributed by atoms with E-state index in [1.165, 1.54) is 0 Å².